The van der Waals surface area contributed by atoms with Crippen molar-refractivity contribution in [2.45, 2.75) is 58.5 Å². The Hall–Kier alpha value is -1.15. The number of methoxy groups -OCH3 is 1. The predicted octanol–water partition coefficient (Wildman–Crippen LogP) is 4.14. The molecule has 0 unspecified atom stereocenters. The topological polar surface area (TPSA) is 26.3 Å². The van der Waals surface area contributed by atoms with Crippen LogP contribution < -0.4 is 0 Å². The van der Waals surface area contributed by atoms with Crippen LogP contribution in [0.15, 0.2) is 12.1 Å². The molecule has 2 heteroatoms. The fourth-order valence-corrected chi connectivity index (χ4v) is 3.10. The van der Waals surface area contributed by atoms with Gasteiger partial charge in [-0.05, 0) is 56.4 Å². The zero-order chi connectivity index (χ0) is 14.0. The van der Waals surface area contributed by atoms with E-state index < -0.39 is 5.60 Å². The molecule has 0 aliphatic heterocycles. The molecule has 0 radical (unpaired) electrons. The standard InChI is InChI=1S/C17H24O2/c1-12-10-14(3)15(11-13(12)2)16(18)17(19-4)8-6-5-7-9-17/h10-11H,5-9H2,1-4H3. The number of rotatable bonds is 3. The van der Waals surface area contributed by atoms with E-state index in [-0.39, 0.29) is 5.78 Å². The molecular formula is C17H24O2. The van der Waals surface area contributed by atoms with Gasteiger partial charge in [-0.3, -0.25) is 4.79 Å². The second-order valence-corrected chi connectivity index (χ2v) is 5.84. The highest BCUT2D eigenvalue weighted by Crippen LogP contribution is 2.35. The van der Waals surface area contributed by atoms with Crippen LogP contribution in [0.2, 0.25) is 0 Å². The maximum Gasteiger partial charge on any atom is 0.194 e. The zero-order valence-corrected chi connectivity index (χ0v) is 12.5. The van der Waals surface area contributed by atoms with E-state index in [2.05, 4.69) is 19.9 Å². The molecule has 0 bridgehead atoms. The van der Waals surface area contributed by atoms with Crippen molar-refractivity contribution in [3.8, 4) is 0 Å². The average molecular weight is 260 g/mol. The fraction of sp³-hybridized carbons (Fsp3) is 0.588. The first-order valence-electron chi connectivity index (χ1n) is 7.18. The van der Waals surface area contributed by atoms with Gasteiger partial charge in [0.25, 0.3) is 0 Å². The number of aryl methyl sites for hydroxylation is 3. The van der Waals surface area contributed by atoms with E-state index in [1.807, 2.05) is 13.0 Å². The molecule has 1 aliphatic rings. The van der Waals surface area contributed by atoms with Gasteiger partial charge in [0, 0.05) is 12.7 Å². The normalized spacial score (nSPS) is 18.3. The minimum atomic E-state index is -0.579. The van der Waals surface area contributed by atoms with Crippen molar-refractivity contribution < 1.29 is 9.53 Å². The number of hydrogen-bond acceptors (Lipinski definition) is 2. The summed E-state index contributed by atoms with van der Waals surface area (Å²) in [6.07, 6.45) is 5.10. The lowest BCUT2D eigenvalue weighted by Gasteiger charge is -2.35. The summed E-state index contributed by atoms with van der Waals surface area (Å²) >= 11 is 0. The second kappa shape index (κ2) is 5.46. The van der Waals surface area contributed by atoms with Crippen LogP contribution >= 0.6 is 0 Å². The molecule has 19 heavy (non-hydrogen) atoms. The van der Waals surface area contributed by atoms with Gasteiger partial charge >= 0.3 is 0 Å². The van der Waals surface area contributed by atoms with E-state index in [9.17, 15) is 4.79 Å². The first-order valence-corrected chi connectivity index (χ1v) is 7.18. The molecule has 2 nitrogen and oxygen atoms in total. The SMILES string of the molecule is COC1(C(=O)c2cc(C)c(C)cc2C)CCCCC1. The lowest BCUT2D eigenvalue weighted by Crippen LogP contribution is -2.42. The Kier molecular flexibility index (Phi) is 4.10. The first-order chi connectivity index (χ1) is 9.00. The molecule has 0 spiro atoms. The van der Waals surface area contributed by atoms with Crippen LogP contribution in [0.1, 0.15) is 59.2 Å². The van der Waals surface area contributed by atoms with E-state index in [4.69, 9.17) is 4.74 Å². The highest BCUT2D eigenvalue weighted by molar-refractivity contribution is 6.04. The minimum Gasteiger partial charge on any atom is -0.370 e. The summed E-state index contributed by atoms with van der Waals surface area (Å²) in [5.74, 6) is 0.176. The Bertz CT molecular complexity index is 482. The summed E-state index contributed by atoms with van der Waals surface area (Å²) < 4.78 is 5.67. The predicted molar refractivity (Wildman–Crippen MR) is 77.8 cm³/mol. The van der Waals surface area contributed by atoms with Crippen molar-refractivity contribution in [2.24, 2.45) is 0 Å². The highest BCUT2D eigenvalue weighted by Gasteiger charge is 2.40. The Morgan fingerprint density at radius 2 is 1.58 bits per heavy atom. The fourth-order valence-electron chi connectivity index (χ4n) is 3.10. The number of hydrogen-bond donors (Lipinski definition) is 0. The van der Waals surface area contributed by atoms with Gasteiger partial charge in [-0.25, -0.2) is 0 Å². The van der Waals surface area contributed by atoms with Gasteiger partial charge in [-0.2, -0.15) is 0 Å². The average Bonchev–Trinajstić information content (AvgIpc) is 2.43. The maximum atomic E-state index is 12.9. The molecule has 1 aliphatic carbocycles. The van der Waals surface area contributed by atoms with Crippen molar-refractivity contribution in [1.29, 1.82) is 0 Å². The second-order valence-electron chi connectivity index (χ2n) is 5.84. The monoisotopic (exact) mass is 260 g/mol. The molecule has 104 valence electrons. The third-order valence-electron chi connectivity index (χ3n) is 4.55. The molecule has 0 N–H and O–H groups in total. The largest absolute Gasteiger partial charge is 0.370 e. The van der Waals surface area contributed by atoms with E-state index in [1.165, 1.54) is 17.5 Å². The lowest BCUT2D eigenvalue weighted by molar-refractivity contribution is -0.0194. The van der Waals surface area contributed by atoms with Crippen LogP contribution in [0.4, 0.5) is 0 Å². The third-order valence-corrected chi connectivity index (χ3v) is 4.55. The summed E-state index contributed by atoms with van der Waals surface area (Å²) in [6, 6.07) is 4.14. The quantitative estimate of drug-likeness (QED) is 0.763. The molecule has 0 heterocycles. The summed E-state index contributed by atoms with van der Waals surface area (Å²) in [5.41, 5.74) is 3.74. The molecule has 0 saturated heterocycles. The molecule has 2 rings (SSSR count). The number of ether oxygens (including phenoxy) is 1. The molecular weight excluding hydrogens is 236 g/mol. The molecule has 0 aromatic heterocycles. The summed E-state index contributed by atoms with van der Waals surface area (Å²) in [4.78, 5) is 12.9. The summed E-state index contributed by atoms with van der Waals surface area (Å²) in [7, 11) is 1.68. The molecule has 0 amide bonds. The first kappa shape index (κ1) is 14.3. The van der Waals surface area contributed by atoms with Crippen LogP contribution in [0, 0.1) is 20.8 Å². The van der Waals surface area contributed by atoms with Crippen LogP contribution in [0.25, 0.3) is 0 Å². The number of ketones is 1. The van der Waals surface area contributed by atoms with Gasteiger partial charge in [-0.1, -0.05) is 25.3 Å². The molecule has 1 fully saturated rings. The van der Waals surface area contributed by atoms with E-state index in [1.54, 1.807) is 7.11 Å². The van der Waals surface area contributed by atoms with Crippen molar-refractivity contribution in [2.75, 3.05) is 7.11 Å². The number of Topliss-reactive ketones (excluding diaryl/α,β-unsaturated/α-hetero) is 1. The van der Waals surface area contributed by atoms with E-state index >= 15 is 0 Å². The molecule has 1 saturated carbocycles. The number of carbonyl (C=O) groups is 1. The molecule has 1 aromatic rings. The highest BCUT2D eigenvalue weighted by atomic mass is 16.5. The van der Waals surface area contributed by atoms with Crippen LogP contribution in [-0.4, -0.2) is 18.5 Å². The lowest BCUT2D eigenvalue weighted by atomic mass is 9.78. The van der Waals surface area contributed by atoms with Gasteiger partial charge in [-0.15, -0.1) is 0 Å². The van der Waals surface area contributed by atoms with Crippen LogP contribution in [0.3, 0.4) is 0 Å². The minimum absolute atomic E-state index is 0.176. The van der Waals surface area contributed by atoms with Crippen molar-refractivity contribution in [1.82, 2.24) is 0 Å². The Balaban J connectivity index is 2.40. The number of benzene rings is 1. The molecule has 0 atom stereocenters. The third kappa shape index (κ3) is 2.59. The van der Waals surface area contributed by atoms with Crippen LogP contribution in [-0.2, 0) is 4.74 Å². The number of carbonyl (C=O) groups excluding carboxylic acids is 1. The van der Waals surface area contributed by atoms with Crippen molar-refractivity contribution in [3.05, 3.63) is 34.4 Å². The molecule has 1 aromatic carbocycles. The summed E-state index contributed by atoms with van der Waals surface area (Å²) in [6.45, 7) is 6.17. The Morgan fingerprint density at radius 3 is 2.16 bits per heavy atom. The maximum absolute atomic E-state index is 12.9. The van der Waals surface area contributed by atoms with E-state index in [0.717, 1.165) is 36.8 Å². The smallest absolute Gasteiger partial charge is 0.194 e. The van der Waals surface area contributed by atoms with E-state index in [0.29, 0.717) is 0 Å². The van der Waals surface area contributed by atoms with Crippen molar-refractivity contribution >= 4 is 5.78 Å². The van der Waals surface area contributed by atoms with Gasteiger partial charge in [0.1, 0.15) is 5.60 Å². The van der Waals surface area contributed by atoms with Gasteiger partial charge in [0.05, 0.1) is 0 Å². The van der Waals surface area contributed by atoms with Gasteiger partial charge in [0.2, 0.25) is 0 Å². The zero-order valence-electron chi connectivity index (χ0n) is 12.5. The summed E-state index contributed by atoms with van der Waals surface area (Å²) in [5, 5.41) is 0. The van der Waals surface area contributed by atoms with Crippen LogP contribution in [0.5, 0.6) is 0 Å². The van der Waals surface area contributed by atoms with Crippen molar-refractivity contribution in [3.63, 3.8) is 0 Å². The Labute approximate surface area is 116 Å². The Morgan fingerprint density at radius 1 is 1.00 bits per heavy atom. The van der Waals surface area contributed by atoms with Gasteiger partial charge in [0.15, 0.2) is 5.78 Å². The van der Waals surface area contributed by atoms with Gasteiger partial charge < -0.3 is 4.74 Å².